The minimum absolute atomic E-state index is 0.147. The molecule has 1 N–H and O–H groups in total. The smallest absolute Gasteiger partial charge is 0.269 e. The largest absolute Gasteiger partial charge is 0.378 e. The maximum Gasteiger partial charge on any atom is 0.269 e. The van der Waals surface area contributed by atoms with Crippen molar-refractivity contribution in [1.82, 2.24) is 5.32 Å². The van der Waals surface area contributed by atoms with Crippen molar-refractivity contribution < 1.29 is 9.66 Å². The molecule has 5 nitrogen and oxygen atoms in total. The summed E-state index contributed by atoms with van der Waals surface area (Å²) in [6, 6.07) is 6.73. The summed E-state index contributed by atoms with van der Waals surface area (Å²) in [5.74, 6) is 0. The number of nitrogens with one attached hydrogen (secondary N) is 1. The molecule has 1 fully saturated rings. The predicted molar refractivity (Wildman–Crippen MR) is 68.4 cm³/mol. The summed E-state index contributed by atoms with van der Waals surface area (Å²) in [6.07, 6.45) is 3.71. The van der Waals surface area contributed by atoms with Crippen LogP contribution in [0.4, 0.5) is 5.69 Å². The molecule has 1 heterocycles. The van der Waals surface area contributed by atoms with Gasteiger partial charge < -0.3 is 10.1 Å². The maximum atomic E-state index is 10.6. The number of benzene rings is 1. The quantitative estimate of drug-likeness (QED) is 0.478. The predicted octanol–water partition coefficient (Wildman–Crippen LogP) is 2.25. The average Bonchev–Trinajstić information content (AvgIpc) is 2.88. The molecule has 98 valence electrons. The summed E-state index contributed by atoms with van der Waals surface area (Å²) in [7, 11) is 0. The van der Waals surface area contributed by atoms with Gasteiger partial charge in [-0.25, -0.2) is 0 Å². The van der Waals surface area contributed by atoms with E-state index in [2.05, 4.69) is 5.32 Å². The summed E-state index contributed by atoms with van der Waals surface area (Å²) in [6.45, 7) is 2.43. The average molecular weight is 250 g/mol. The molecule has 0 bridgehead atoms. The van der Waals surface area contributed by atoms with Crippen LogP contribution in [0.25, 0.3) is 0 Å². The minimum atomic E-state index is -0.365. The van der Waals surface area contributed by atoms with Crippen LogP contribution in [0, 0.1) is 10.1 Å². The van der Waals surface area contributed by atoms with E-state index in [1.54, 1.807) is 12.1 Å². The van der Waals surface area contributed by atoms with E-state index < -0.39 is 0 Å². The van der Waals surface area contributed by atoms with E-state index in [0.717, 1.165) is 38.0 Å². The van der Waals surface area contributed by atoms with Crippen molar-refractivity contribution in [2.24, 2.45) is 0 Å². The molecule has 18 heavy (non-hydrogen) atoms. The van der Waals surface area contributed by atoms with Crippen LogP contribution in [0.2, 0.25) is 0 Å². The van der Waals surface area contributed by atoms with E-state index in [4.69, 9.17) is 4.74 Å². The lowest BCUT2D eigenvalue weighted by atomic mass is 10.1. The first-order valence-electron chi connectivity index (χ1n) is 6.31. The number of hydrogen-bond acceptors (Lipinski definition) is 4. The molecule has 1 aromatic carbocycles. The Hall–Kier alpha value is -1.46. The SMILES string of the molecule is O=[N+]([O-])c1cccc(CNCCC2CCCO2)c1. The van der Waals surface area contributed by atoms with Crippen LogP contribution in [-0.2, 0) is 11.3 Å². The summed E-state index contributed by atoms with van der Waals surface area (Å²) in [4.78, 5) is 10.3. The standard InChI is InChI=1S/C13H18N2O3/c16-15(17)12-4-1-3-11(9-12)10-14-7-6-13-5-2-8-18-13/h1,3-4,9,13-14H,2,5-8,10H2. The van der Waals surface area contributed by atoms with Crippen molar-refractivity contribution in [3.05, 3.63) is 39.9 Å². The van der Waals surface area contributed by atoms with E-state index in [1.807, 2.05) is 6.07 Å². The van der Waals surface area contributed by atoms with Crippen LogP contribution < -0.4 is 5.32 Å². The Kier molecular flexibility index (Phi) is 4.66. The number of nitro groups is 1. The third-order valence-corrected chi connectivity index (χ3v) is 3.12. The maximum absolute atomic E-state index is 10.6. The second kappa shape index (κ2) is 6.47. The molecule has 0 saturated carbocycles. The first kappa shape index (κ1) is 13.0. The fourth-order valence-electron chi connectivity index (χ4n) is 2.15. The van der Waals surface area contributed by atoms with Gasteiger partial charge in [0.1, 0.15) is 0 Å². The Morgan fingerprint density at radius 1 is 1.50 bits per heavy atom. The Labute approximate surface area is 106 Å². The summed E-state index contributed by atoms with van der Waals surface area (Å²) < 4.78 is 5.53. The highest BCUT2D eigenvalue weighted by Crippen LogP contribution is 2.15. The summed E-state index contributed by atoms with van der Waals surface area (Å²) in [5, 5.41) is 13.9. The molecular weight excluding hydrogens is 232 g/mol. The molecule has 5 heteroatoms. The van der Waals surface area contributed by atoms with Gasteiger partial charge in [-0.15, -0.1) is 0 Å². The van der Waals surface area contributed by atoms with Crippen LogP contribution in [0.15, 0.2) is 24.3 Å². The van der Waals surface area contributed by atoms with E-state index in [1.165, 1.54) is 6.07 Å². The number of nitro benzene ring substituents is 1. The van der Waals surface area contributed by atoms with E-state index in [0.29, 0.717) is 12.6 Å². The number of ether oxygens (including phenoxy) is 1. The van der Waals surface area contributed by atoms with Gasteiger partial charge in [-0.1, -0.05) is 12.1 Å². The topological polar surface area (TPSA) is 64.4 Å². The van der Waals surface area contributed by atoms with E-state index in [-0.39, 0.29) is 10.6 Å². The zero-order valence-electron chi connectivity index (χ0n) is 10.3. The molecule has 1 atom stereocenters. The molecule has 1 aliphatic rings. The molecule has 0 spiro atoms. The lowest BCUT2D eigenvalue weighted by Gasteiger charge is -2.09. The molecule has 1 saturated heterocycles. The minimum Gasteiger partial charge on any atom is -0.378 e. The van der Waals surface area contributed by atoms with Gasteiger partial charge in [0, 0.05) is 25.3 Å². The van der Waals surface area contributed by atoms with Gasteiger partial charge in [0.15, 0.2) is 0 Å². The second-order valence-corrected chi connectivity index (χ2v) is 4.53. The second-order valence-electron chi connectivity index (χ2n) is 4.53. The van der Waals surface area contributed by atoms with Gasteiger partial charge in [0.05, 0.1) is 11.0 Å². The number of hydrogen-bond donors (Lipinski definition) is 1. The van der Waals surface area contributed by atoms with Crippen molar-refractivity contribution in [1.29, 1.82) is 0 Å². The highest BCUT2D eigenvalue weighted by Gasteiger charge is 2.14. The number of rotatable bonds is 6. The summed E-state index contributed by atoms with van der Waals surface area (Å²) in [5.41, 5.74) is 1.09. The number of non-ortho nitro benzene ring substituents is 1. The van der Waals surface area contributed by atoms with Gasteiger partial charge in [0.25, 0.3) is 5.69 Å². The lowest BCUT2D eigenvalue weighted by Crippen LogP contribution is -2.19. The highest BCUT2D eigenvalue weighted by molar-refractivity contribution is 5.34. The van der Waals surface area contributed by atoms with Crippen molar-refractivity contribution in [2.75, 3.05) is 13.2 Å². The molecular formula is C13H18N2O3. The Bertz CT molecular complexity index is 403. The molecule has 0 amide bonds. The highest BCUT2D eigenvalue weighted by atomic mass is 16.6. The van der Waals surface area contributed by atoms with Crippen molar-refractivity contribution >= 4 is 5.69 Å². The normalized spacial score (nSPS) is 19.0. The van der Waals surface area contributed by atoms with Crippen molar-refractivity contribution in [3.63, 3.8) is 0 Å². The zero-order valence-corrected chi connectivity index (χ0v) is 10.3. The van der Waals surface area contributed by atoms with Crippen LogP contribution in [-0.4, -0.2) is 24.2 Å². The Balaban J connectivity index is 1.72. The Morgan fingerprint density at radius 3 is 3.11 bits per heavy atom. The van der Waals surface area contributed by atoms with Crippen LogP contribution in [0.1, 0.15) is 24.8 Å². The fraction of sp³-hybridized carbons (Fsp3) is 0.538. The molecule has 0 radical (unpaired) electrons. The zero-order chi connectivity index (χ0) is 12.8. The first-order chi connectivity index (χ1) is 8.75. The van der Waals surface area contributed by atoms with Crippen molar-refractivity contribution in [2.45, 2.75) is 31.9 Å². The monoisotopic (exact) mass is 250 g/mol. The van der Waals surface area contributed by atoms with Crippen LogP contribution in [0.3, 0.4) is 0 Å². The van der Waals surface area contributed by atoms with Gasteiger partial charge in [0.2, 0.25) is 0 Å². The van der Waals surface area contributed by atoms with Crippen LogP contribution >= 0.6 is 0 Å². The fourth-order valence-corrected chi connectivity index (χ4v) is 2.15. The first-order valence-corrected chi connectivity index (χ1v) is 6.31. The molecule has 1 aromatic rings. The summed E-state index contributed by atoms with van der Waals surface area (Å²) >= 11 is 0. The van der Waals surface area contributed by atoms with Crippen molar-refractivity contribution in [3.8, 4) is 0 Å². The third-order valence-electron chi connectivity index (χ3n) is 3.12. The Morgan fingerprint density at radius 2 is 2.39 bits per heavy atom. The van der Waals surface area contributed by atoms with E-state index >= 15 is 0 Å². The number of nitrogens with zero attached hydrogens (tertiary/aromatic N) is 1. The van der Waals surface area contributed by atoms with Gasteiger partial charge >= 0.3 is 0 Å². The van der Waals surface area contributed by atoms with Gasteiger partial charge in [-0.3, -0.25) is 10.1 Å². The third kappa shape index (κ3) is 3.78. The molecule has 0 aliphatic carbocycles. The van der Waals surface area contributed by atoms with Gasteiger partial charge in [-0.05, 0) is 31.4 Å². The molecule has 1 aliphatic heterocycles. The molecule has 1 unspecified atom stereocenters. The lowest BCUT2D eigenvalue weighted by molar-refractivity contribution is -0.384. The van der Waals surface area contributed by atoms with Gasteiger partial charge in [-0.2, -0.15) is 0 Å². The van der Waals surface area contributed by atoms with Crippen LogP contribution in [0.5, 0.6) is 0 Å². The van der Waals surface area contributed by atoms with E-state index in [9.17, 15) is 10.1 Å². The molecule has 0 aromatic heterocycles. The molecule has 2 rings (SSSR count).